The third-order valence-corrected chi connectivity index (χ3v) is 5.07. The van der Waals surface area contributed by atoms with Gasteiger partial charge in [-0.25, -0.2) is 0 Å². The highest BCUT2D eigenvalue weighted by molar-refractivity contribution is 6.00. The van der Waals surface area contributed by atoms with Crippen LogP contribution in [0.4, 0.5) is 5.69 Å². The molecule has 0 aromatic heterocycles. The first-order valence-corrected chi connectivity index (χ1v) is 8.33. The maximum absolute atomic E-state index is 12.4. The second kappa shape index (κ2) is 6.48. The number of hydrogen-bond acceptors (Lipinski definition) is 4. The van der Waals surface area contributed by atoms with Crippen molar-refractivity contribution in [3.8, 4) is 0 Å². The fraction of sp³-hybridized carbons (Fsp3) is 0.500. The van der Waals surface area contributed by atoms with E-state index in [1.807, 2.05) is 0 Å². The Labute approximate surface area is 146 Å². The predicted octanol–water partition coefficient (Wildman–Crippen LogP) is 1.45. The van der Waals surface area contributed by atoms with E-state index in [2.05, 4.69) is 5.32 Å². The number of ether oxygens (including phenoxy) is 1. The zero-order valence-electron chi connectivity index (χ0n) is 14.3. The number of morpholine rings is 1. The number of hydrogen-bond donors (Lipinski definition) is 2. The predicted molar refractivity (Wildman–Crippen MR) is 90.2 cm³/mol. The van der Waals surface area contributed by atoms with Gasteiger partial charge in [-0.1, -0.05) is 13.8 Å². The molecule has 1 saturated carbocycles. The van der Waals surface area contributed by atoms with Crippen LogP contribution in [0.1, 0.15) is 24.2 Å². The maximum atomic E-state index is 12.4. The number of carbonyl (C=O) groups is 3. The van der Waals surface area contributed by atoms with Crippen LogP contribution in [0.5, 0.6) is 0 Å². The van der Waals surface area contributed by atoms with Crippen molar-refractivity contribution in [3.63, 3.8) is 0 Å². The van der Waals surface area contributed by atoms with Gasteiger partial charge in [0.2, 0.25) is 5.91 Å². The van der Waals surface area contributed by atoms with Crippen LogP contribution in [0.3, 0.4) is 0 Å². The van der Waals surface area contributed by atoms with Crippen molar-refractivity contribution in [2.75, 3.05) is 31.6 Å². The summed E-state index contributed by atoms with van der Waals surface area (Å²) in [5.74, 6) is -2.51. The lowest BCUT2D eigenvalue weighted by Gasteiger charge is -2.26. The van der Waals surface area contributed by atoms with Gasteiger partial charge in [-0.2, -0.15) is 0 Å². The average Bonchev–Trinajstić information content (AvgIpc) is 3.18. The molecule has 1 saturated heterocycles. The van der Waals surface area contributed by atoms with E-state index in [0.29, 0.717) is 37.6 Å². The lowest BCUT2D eigenvalue weighted by molar-refractivity contribution is -0.140. The number of rotatable bonds is 4. The number of carboxylic acid groups (broad SMARTS) is 1. The molecule has 1 heterocycles. The summed E-state index contributed by atoms with van der Waals surface area (Å²) in [6, 6.07) is 6.66. The van der Waals surface area contributed by atoms with E-state index in [9.17, 15) is 14.4 Å². The van der Waals surface area contributed by atoms with E-state index in [-0.39, 0.29) is 11.8 Å². The van der Waals surface area contributed by atoms with E-state index in [4.69, 9.17) is 9.84 Å². The molecule has 0 radical (unpaired) electrons. The van der Waals surface area contributed by atoms with Crippen LogP contribution >= 0.6 is 0 Å². The number of carbonyl (C=O) groups excluding carboxylic acids is 2. The molecule has 0 bridgehead atoms. The molecule has 0 unspecified atom stereocenters. The van der Waals surface area contributed by atoms with Gasteiger partial charge in [-0.15, -0.1) is 0 Å². The van der Waals surface area contributed by atoms with Gasteiger partial charge in [0.15, 0.2) is 0 Å². The minimum Gasteiger partial charge on any atom is -0.481 e. The Bertz CT molecular complexity index is 692. The summed E-state index contributed by atoms with van der Waals surface area (Å²) < 4.78 is 5.24. The van der Waals surface area contributed by atoms with Gasteiger partial charge in [0.25, 0.3) is 5.91 Å². The van der Waals surface area contributed by atoms with Crippen molar-refractivity contribution < 1.29 is 24.2 Å². The SMILES string of the molecule is CC1(C)[C@H](C(=O)O)[C@@H]1C(=O)Nc1ccc(C(=O)N2CCOCC2)cc1. The molecular formula is C18H22N2O5. The van der Waals surface area contributed by atoms with E-state index in [1.165, 1.54) is 0 Å². The van der Waals surface area contributed by atoms with Crippen molar-refractivity contribution >= 4 is 23.5 Å². The molecule has 7 heteroatoms. The number of benzene rings is 1. The fourth-order valence-electron chi connectivity index (χ4n) is 3.45. The molecule has 7 nitrogen and oxygen atoms in total. The molecule has 134 valence electrons. The average molecular weight is 346 g/mol. The highest BCUT2D eigenvalue weighted by atomic mass is 16.5. The summed E-state index contributed by atoms with van der Waals surface area (Å²) in [4.78, 5) is 37.6. The molecule has 2 N–H and O–H groups in total. The Kier molecular flexibility index (Phi) is 4.51. The number of nitrogens with one attached hydrogen (secondary N) is 1. The zero-order chi connectivity index (χ0) is 18.2. The Morgan fingerprint density at radius 2 is 1.72 bits per heavy atom. The summed E-state index contributed by atoms with van der Waals surface area (Å²) in [5, 5.41) is 11.9. The summed E-state index contributed by atoms with van der Waals surface area (Å²) >= 11 is 0. The zero-order valence-corrected chi connectivity index (χ0v) is 14.3. The first-order chi connectivity index (χ1) is 11.8. The van der Waals surface area contributed by atoms with Crippen molar-refractivity contribution in [2.45, 2.75) is 13.8 Å². The van der Waals surface area contributed by atoms with Crippen LogP contribution in [-0.4, -0.2) is 54.1 Å². The summed E-state index contributed by atoms with van der Waals surface area (Å²) in [6.07, 6.45) is 0. The summed E-state index contributed by atoms with van der Waals surface area (Å²) in [6.45, 7) is 5.79. The van der Waals surface area contributed by atoms with Crippen LogP contribution in [0.15, 0.2) is 24.3 Å². The molecule has 0 spiro atoms. The molecular weight excluding hydrogens is 324 g/mol. The van der Waals surface area contributed by atoms with E-state index >= 15 is 0 Å². The molecule has 2 amide bonds. The Hall–Kier alpha value is -2.41. The third kappa shape index (κ3) is 3.37. The van der Waals surface area contributed by atoms with E-state index < -0.39 is 23.2 Å². The smallest absolute Gasteiger partial charge is 0.307 e. The molecule has 2 atom stereocenters. The first kappa shape index (κ1) is 17.4. The quantitative estimate of drug-likeness (QED) is 0.860. The van der Waals surface area contributed by atoms with Gasteiger partial charge in [0.05, 0.1) is 25.0 Å². The van der Waals surface area contributed by atoms with E-state index in [0.717, 1.165) is 0 Å². The second-order valence-electron chi connectivity index (χ2n) is 7.09. The number of nitrogens with zero attached hydrogens (tertiary/aromatic N) is 1. The van der Waals surface area contributed by atoms with E-state index in [1.54, 1.807) is 43.0 Å². The number of carboxylic acids is 1. The standard InChI is InChI=1S/C18H22N2O5/c1-18(2)13(14(18)17(23)24)15(21)19-12-5-3-11(4-6-12)16(22)20-7-9-25-10-8-20/h3-6,13-14H,7-10H2,1-2H3,(H,19,21)(H,23,24)/t13-,14+/m1/s1. The monoisotopic (exact) mass is 346 g/mol. The van der Waals surface area contributed by atoms with Gasteiger partial charge in [0.1, 0.15) is 0 Å². The molecule has 1 aliphatic carbocycles. The van der Waals surface area contributed by atoms with Gasteiger partial charge >= 0.3 is 5.97 Å². The highest BCUT2D eigenvalue weighted by Crippen LogP contribution is 2.58. The Morgan fingerprint density at radius 3 is 2.24 bits per heavy atom. The minimum atomic E-state index is -0.948. The molecule has 1 aromatic carbocycles. The normalized spacial score (nSPS) is 24.5. The number of anilines is 1. The number of aliphatic carboxylic acids is 1. The highest BCUT2D eigenvalue weighted by Gasteiger charge is 2.65. The molecule has 3 rings (SSSR count). The first-order valence-electron chi connectivity index (χ1n) is 8.33. The molecule has 1 aromatic rings. The fourth-order valence-corrected chi connectivity index (χ4v) is 3.45. The third-order valence-electron chi connectivity index (χ3n) is 5.07. The van der Waals surface area contributed by atoms with Gasteiger partial charge < -0.3 is 20.1 Å². The lowest BCUT2D eigenvalue weighted by atomic mass is 10.1. The number of amides is 2. The molecule has 1 aliphatic heterocycles. The van der Waals surface area contributed by atoms with Gasteiger partial charge in [-0.05, 0) is 29.7 Å². The Morgan fingerprint density at radius 1 is 1.12 bits per heavy atom. The van der Waals surface area contributed by atoms with Crippen LogP contribution in [0, 0.1) is 17.3 Å². The van der Waals surface area contributed by atoms with Crippen molar-refractivity contribution in [2.24, 2.45) is 17.3 Å². The minimum absolute atomic E-state index is 0.0598. The Balaban J connectivity index is 1.62. The van der Waals surface area contributed by atoms with Gasteiger partial charge in [-0.3, -0.25) is 14.4 Å². The topological polar surface area (TPSA) is 95.9 Å². The van der Waals surface area contributed by atoms with Crippen LogP contribution in [-0.2, 0) is 14.3 Å². The maximum Gasteiger partial charge on any atom is 0.307 e. The van der Waals surface area contributed by atoms with Crippen LogP contribution < -0.4 is 5.32 Å². The van der Waals surface area contributed by atoms with Crippen molar-refractivity contribution in [3.05, 3.63) is 29.8 Å². The van der Waals surface area contributed by atoms with Gasteiger partial charge in [0, 0.05) is 24.3 Å². The summed E-state index contributed by atoms with van der Waals surface area (Å²) in [5.41, 5.74) is 0.563. The second-order valence-corrected chi connectivity index (χ2v) is 7.09. The van der Waals surface area contributed by atoms with Crippen LogP contribution in [0.2, 0.25) is 0 Å². The lowest BCUT2D eigenvalue weighted by Crippen LogP contribution is -2.40. The van der Waals surface area contributed by atoms with Crippen molar-refractivity contribution in [1.82, 2.24) is 4.90 Å². The van der Waals surface area contributed by atoms with Crippen LogP contribution in [0.25, 0.3) is 0 Å². The largest absolute Gasteiger partial charge is 0.481 e. The summed E-state index contributed by atoms with van der Waals surface area (Å²) in [7, 11) is 0. The molecule has 2 fully saturated rings. The van der Waals surface area contributed by atoms with Crippen molar-refractivity contribution in [1.29, 1.82) is 0 Å². The molecule has 25 heavy (non-hydrogen) atoms. The molecule has 2 aliphatic rings.